The lowest BCUT2D eigenvalue weighted by Crippen LogP contribution is -2.36. The van der Waals surface area contributed by atoms with Gasteiger partial charge in [-0.3, -0.25) is 4.79 Å². The second-order valence-corrected chi connectivity index (χ2v) is 4.83. The summed E-state index contributed by atoms with van der Waals surface area (Å²) in [4.78, 5) is 21.2. The van der Waals surface area contributed by atoms with Gasteiger partial charge in [0.25, 0.3) is 5.91 Å². The molecule has 2 aromatic rings. The van der Waals surface area contributed by atoms with Gasteiger partial charge in [0.05, 0.1) is 19.9 Å². The van der Waals surface area contributed by atoms with Crippen LogP contribution in [0.25, 0.3) is 0 Å². The first-order chi connectivity index (χ1) is 10.2. The molecule has 0 atom stereocenters. The normalized spacial score (nSPS) is 13.7. The van der Waals surface area contributed by atoms with Gasteiger partial charge in [-0.1, -0.05) is 0 Å². The van der Waals surface area contributed by atoms with E-state index in [-0.39, 0.29) is 5.91 Å². The zero-order valence-electron chi connectivity index (χ0n) is 12.0. The predicted octanol–water partition coefficient (Wildman–Crippen LogP) is 2.02. The molecule has 0 saturated carbocycles. The highest BCUT2D eigenvalue weighted by atomic mass is 16.5. The summed E-state index contributed by atoms with van der Waals surface area (Å²) in [5.41, 5.74) is 1.86. The number of rotatable bonds is 3. The highest BCUT2D eigenvalue weighted by molar-refractivity contribution is 6.04. The minimum absolute atomic E-state index is 0.142. The van der Waals surface area contributed by atoms with Crippen molar-refractivity contribution in [1.82, 2.24) is 9.97 Å². The molecule has 21 heavy (non-hydrogen) atoms. The van der Waals surface area contributed by atoms with Crippen molar-refractivity contribution in [3.05, 3.63) is 35.9 Å². The van der Waals surface area contributed by atoms with Gasteiger partial charge in [0.15, 0.2) is 5.82 Å². The number of benzene rings is 1. The van der Waals surface area contributed by atoms with Gasteiger partial charge < -0.3 is 19.4 Å². The summed E-state index contributed by atoms with van der Waals surface area (Å²) in [5.74, 6) is 1.62. The fourth-order valence-corrected chi connectivity index (χ4v) is 2.65. The zero-order valence-corrected chi connectivity index (χ0v) is 12.0. The van der Waals surface area contributed by atoms with Crippen molar-refractivity contribution in [3.8, 4) is 11.5 Å². The Balaban J connectivity index is 2.06. The van der Waals surface area contributed by atoms with Gasteiger partial charge >= 0.3 is 0 Å². The summed E-state index contributed by atoms with van der Waals surface area (Å²) in [7, 11) is 3.23. The van der Waals surface area contributed by atoms with Crippen LogP contribution in [0.1, 0.15) is 22.6 Å². The second kappa shape index (κ2) is 5.47. The van der Waals surface area contributed by atoms with Crippen LogP contribution in [0.5, 0.6) is 11.5 Å². The van der Waals surface area contributed by atoms with E-state index in [1.165, 1.54) is 0 Å². The van der Waals surface area contributed by atoms with Crippen LogP contribution in [-0.2, 0) is 6.42 Å². The average Bonchev–Trinajstić information content (AvgIpc) is 3.06. The maximum Gasteiger partial charge on any atom is 0.294 e. The Morgan fingerprint density at radius 3 is 2.86 bits per heavy atom. The summed E-state index contributed by atoms with van der Waals surface area (Å²) in [6.45, 7) is 0.656. The fraction of sp³-hybridized carbons (Fsp3) is 0.333. The number of carbonyl (C=O) groups is 1. The SMILES string of the molecule is COc1cc(OC)c2c(c1)N(C(=O)c1ncc[nH]1)CCC2. The first kappa shape index (κ1) is 13.5. The number of carbonyl (C=O) groups excluding carboxylic acids is 1. The molecule has 1 N–H and O–H groups in total. The number of fused-ring (bicyclic) bond motifs is 1. The Bertz CT molecular complexity index is 652. The van der Waals surface area contributed by atoms with Gasteiger partial charge in [-0.15, -0.1) is 0 Å². The number of nitrogens with zero attached hydrogens (tertiary/aromatic N) is 2. The van der Waals surface area contributed by atoms with Crippen molar-refractivity contribution < 1.29 is 14.3 Å². The molecular formula is C15H17N3O3. The molecule has 110 valence electrons. The third-order valence-corrected chi connectivity index (χ3v) is 3.66. The second-order valence-electron chi connectivity index (χ2n) is 4.83. The van der Waals surface area contributed by atoms with Crippen molar-refractivity contribution in [3.63, 3.8) is 0 Å². The first-order valence-electron chi connectivity index (χ1n) is 6.80. The van der Waals surface area contributed by atoms with E-state index in [9.17, 15) is 4.79 Å². The Morgan fingerprint density at radius 2 is 2.19 bits per heavy atom. The third-order valence-electron chi connectivity index (χ3n) is 3.66. The van der Waals surface area contributed by atoms with Crippen molar-refractivity contribution in [2.75, 3.05) is 25.7 Å². The summed E-state index contributed by atoms with van der Waals surface area (Å²) < 4.78 is 10.7. The fourth-order valence-electron chi connectivity index (χ4n) is 2.65. The van der Waals surface area contributed by atoms with E-state index < -0.39 is 0 Å². The molecule has 1 aromatic carbocycles. The largest absolute Gasteiger partial charge is 0.497 e. The summed E-state index contributed by atoms with van der Waals surface area (Å²) in [6, 6.07) is 3.72. The lowest BCUT2D eigenvalue weighted by molar-refractivity contribution is 0.0976. The van der Waals surface area contributed by atoms with Gasteiger partial charge in [0.1, 0.15) is 11.5 Å². The van der Waals surface area contributed by atoms with E-state index in [4.69, 9.17) is 9.47 Å². The number of imidazole rings is 1. The lowest BCUT2D eigenvalue weighted by atomic mass is 10.00. The molecule has 1 aliphatic rings. The molecule has 2 heterocycles. The molecular weight excluding hydrogens is 270 g/mol. The number of nitrogens with one attached hydrogen (secondary N) is 1. The van der Waals surface area contributed by atoms with Crippen molar-refractivity contribution in [2.45, 2.75) is 12.8 Å². The standard InChI is InChI=1S/C15H17N3O3/c1-20-10-8-12-11(13(9-10)21-2)4-3-7-18(12)15(19)14-16-5-6-17-14/h5-6,8-9H,3-4,7H2,1-2H3,(H,16,17). The predicted molar refractivity (Wildman–Crippen MR) is 78.1 cm³/mol. The van der Waals surface area contributed by atoms with Crippen molar-refractivity contribution in [2.24, 2.45) is 0 Å². The molecule has 0 saturated heterocycles. The molecule has 0 radical (unpaired) electrons. The highest BCUT2D eigenvalue weighted by Gasteiger charge is 2.27. The highest BCUT2D eigenvalue weighted by Crippen LogP contribution is 2.38. The summed E-state index contributed by atoms with van der Waals surface area (Å²) in [6.07, 6.45) is 4.99. The van der Waals surface area contributed by atoms with Crippen LogP contribution in [0.3, 0.4) is 0 Å². The Labute approximate surface area is 122 Å². The van der Waals surface area contributed by atoms with E-state index in [2.05, 4.69) is 9.97 Å². The van der Waals surface area contributed by atoms with E-state index in [0.717, 1.165) is 29.8 Å². The minimum atomic E-state index is -0.142. The van der Waals surface area contributed by atoms with Gasteiger partial charge in [0, 0.05) is 36.6 Å². The van der Waals surface area contributed by atoms with E-state index in [1.807, 2.05) is 12.1 Å². The summed E-state index contributed by atoms with van der Waals surface area (Å²) in [5, 5.41) is 0. The molecule has 0 fully saturated rings. The van der Waals surface area contributed by atoms with Crippen LogP contribution in [0.15, 0.2) is 24.5 Å². The number of H-pyrrole nitrogens is 1. The number of aromatic amines is 1. The van der Waals surface area contributed by atoms with Gasteiger partial charge in [-0.25, -0.2) is 4.98 Å². The van der Waals surface area contributed by atoms with E-state index in [1.54, 1.807) is 31.5 Å². The van der Waals surface area contributed by atoms with Crippen LogP contribution in [-0.4, -0.2) is 36.6 Å². The smallest absolute Gasteiger partial charge is 0.294 e. The average molecular weight is 287 g/mol. The van der Waals surface area contributed by atoms with Crippen LogP contribution in [0.4, 0.5) is 5.69 Å². The summed E-state index contributed by atoms with van der Waals surface area (Å²) >= 11 is 0. The Kier molecular flexibility index (Phi) is 3.51. The molecule has 0 aliphatic carbocycles. The Morgan fingerprint density at radius 1 is 1.33 bits per heavy atom. The van der Waals surface area contributed by atoms with Gasteiger partial charge in [0.2, 0.25) is 0 Å². The first-order valence-corrected chi connectivity index (χ1v) is 6.80. The molecule has 1 amide bonds. The molecule has 1 aliphatic heterocycles. The van der Waals surface area contributed by atoms with Crippen LogP contribution in [0, 0.1) is 0 Å². The van der Waals surface area contributed by atoms with Crippen LogP contribution in [0.2, 0.25) is 0 Å². The van der Waals surface area contributed by atoms with E-state index in [0.29, 0.717) is 18.1 Å². The molecule has 6 heteroatoms. The number of amides is 1. The Hall–Kier alpha value is -2.50. The molecule has 0 spiro atoms. The maximum absolute atomic E-state index is 12.6. The molecule has 1 aromatic heterocycles. The molecule has 0 bridgehead atoms. The zero-order chi connectivity index (χ0) is 14.8. The van der Waals surface area contributed by atoms with Crippen molar-refractivity contribution >= 4 is 11.6 Å². The van der Waals surface area contributed by atoms with E-state index >= 15 is 0 Å². The lowest BCUT2D eigenvalue weighted by Gasteiger charge is -2.30. The van der Waals surface area contributed by atoms with Crippen LogP contribution < -0.4 is 14.4 Å². The number of methoxy groups -OCH3 is 2. The molecule has 0 unspecified atom stereocenters. The third kappa shape index (κ3) is 2.33. The number of hydrogen-bond acceptors (Lipinski definition) is 4. The monoisotopic (exact) mass is 287 g/mol. The number of hydrogen-bond donors (Lipinski definition) is 1. The minimum Gasteiger partial charge on any atom is -0.497 e. The number of aromatic nitrogens is 2. The number of ether oxygens (including phenoxy) is 2. The van der Waals surface area contributed by atoms with Crippen LogP contribution >= 0.6 is 0 Å². The van der Waals surface area contributed by atoms with Crippen molar-refractivity contribution in [1.29, 1.82) is 0 Å². The van der Waals surface area contributed by atoms with Gasteiger partial charge in [-0.2, -0.15) is 0 Å². The quantitative estimate of drug-likeness (QED) is 0.937. The maximum atomic E-state index is 12.6. The van der Waals surface area contributed by atoms with Gasteiger partial charge in [-0.05, 0) is 12.8 Å². The molecule has 3 rings (SSSR count). The number of anilines is 1. The molecule has 6 nitrogen and oxygen atoms in total. The topological polar surface area (TPSA) is 67.5 Å².